The van der Waals surface area contributed by atoms with Crippen LogP contribution in [0.2, 0.25) is 0 Å². The lowest BCUT2D eigenvalue weighted by Gasteiger charge is -2.38. The molecule has 2 amide bonds. The topological polar surface area (TPSA) is 64.1 Å². The number of aliphatic hydroxyl groups excluding tert-OH is 1. The summed E-state index contributed by atoms with van der Waals surface area (Å²) in [6.07, 6.45) is 1.81. The highest BCUT2D eigenvalue weighted by atomic mass is 16.3. The minimum Gasteiger partial charge on any atom is -0.395 e. The van der Waals surface area contributed by atoms with E-state index < -0.39 is 0 Å². The molecule has 2 fully saturated rings. The number of β-amino-alcohol motifs (C(OH)–C–C–N with tert-alkyl or cyclic N) is 1. The molecule has 1 unspecified atom stereocenters. The van der Waals surface area contributed by atoms with Crippen molar-refractivity contribution >= 4 is 11.8 Å². The fraction of sp³-hybridized carbons (Fsp3) is 0.857. The van der Waals surface area contributed by atoms with E-state index in [1.165, 1.54) is 0 Å². The van der Waals surface area contributed by atoms with Crippen LogP contribution in [0.15, 0.2) is 0 Å². The van der Waals surface area contributed by atoms with Gasteiger partial charge in [0, 0.05) is 52.7 Å². The molecule has 2 rings (SSSR count). The molecule has 2 aliphatic heterocycles. The lowest BCUT2D eigenvalue weighted by molar-refractivity contribution is -0.141. The molecule has 1 atom stereocenters. The highest BCUT2D eigenvalue weighted by Crippen LogP contribution is 2.19. The van der Waals surface area contributed by atoms with Crippen LogP contribution >= 0.6 is 0 Å². The molecule has 20 heavy (non-hydrogen) atoms. The zero-order valence-corrected chi connectivity index (χ0v) is 12.3. The molecule has 6 heteroatoms. The molecule has 0 saturated carbocycles. The molecule has 0 aromatic carbocycles. The van der Waals surface area contributed by atoms with Crippen LogP contribution < -0.4 is 0 Å². The summed E-state index contributed by atoms with van der Waals surface area (Å²) < 4.78 is 0. The lowest BCUT2D eigenvalue weighted by Crippen LogP contribution is -2.53. The minimum absolute atomic E-state index is 0.0305. The number of piperidine rings is 1. The summed E-state index contributed by atoms with van der Waals surface area (Å²) in [6, 6.07) is 0. The van der Waals surface area contributed by atoms with E-state index in [1.807, 2.05) is 4.90 Å². The molecule has 6 nitrogen and oxygen atoms in total. The third-order valence-electron chi connectivity index (χ3n) is 4.32. The van der Waals surface area contributed by atoms with E-state index in [1.54, 1.807) is 11.8 Å². The standard InChI is InChI=1S/C14H25N3O3/c1-12(19)17-4-2-3-13(11-17)14(20)16-7-5-15(6-8-16)9-10-18/h13,18H,2-11H2,1H3. The van der Waals surface area contributed by atoms with Crippen molar-refractivity contribution in [3.8, 4) is 0 Å². The van der Waals surface area contributed by atoms with Gasteiger partial charge in [0.2, 0.25) is 11.8 Å². The number of nitrogens with zero attached hydrogens (tertiary/aromatic N) is 3. The fourth-order valence-corrected chi connectivity index (χ4v) is 3.06. The Morgan fingerprint density at radius 1 is 1.10 bits per heavy atom. The molecule has 2 aliphatic rings. The Labute approximate surface area is 120 Å². The van der Waals surface area contributed by atoms with Crippen LogP contribution in [0, 0.1) is 5.92 Å². The van der Waals surface area contributed by atoms with Gasteiger partial charge in [0.1, 0.15) is 0 Å². The predicted octanol–water partition coefficient (Wildman–Crippen LogP) is -0.619. The van der Waals surface area contributed by atoms with Crippen molar-refractivity contribution in [1.29, 1.82) is 0 Å². The van der Waals surface area contributed by atoms with Crippen molar-refractivity contribution in [2.75, 3.05) is 52.4 Å². The Kier molecular flexibility index (Phi) is 5.37. The molecule has 0 bridgehead atoms. The summed E-state index contributed by atoms with van der Waals surface area (Å²) in [5.41, 5.74) is 0. The van der Waals surface area contributed by atoms with Crippen LogP contribution in [-0.2, 0) is 9.59 Å². The van der Waals surface area contributed by atoms with Crippen LogP contribution in [-0.4, -0.2) is 84.0 Å². The first-order chi connectivity index (χ1) is 9.61. The predicted molar refractivity (Wildman–Crippen MR) is 75.1 cm³/mol. The fourth-order valence-electron chi connectivity index (χ4n) is 3.06. The third-order valence-corrected chi connectivity index (χ3v) is 4.32. The van der Waals surface area contributed by atoms with E-state index in [0.717, 1.165) is 45.6 Å². The van der Waals surface area contributed by atoms with Crippen molar-refractivity contribution in [3.05, 3.63) is 0 Å². The average Bonchev–Trinajstić information content (AvgIpc) is 2.48. The Balaban J connectivity index is 1.84. The molecule has 0 radical (unpaired) electrons. The van der Waals surface area contributed by atoms with Crippen LogP contribution in [0.25, 0.3) is 0 Å². The smallest absolute Gasteiger partial charge is 0.227 e. The van der Waals surface area contributed by atoms with Crippen molar-refractivity contribution in [2.24, 2.45) is 5.92 Å². The number of piperazine rings is 1. The number of hydrogen-bond acceptors (Lipinski definition) is 4. The van der Waals surface area contributed by atoms with Crippen LogP contribution in [0.5, 0.6) is 0 Å². The van der Waals surface area contributed by atoms with E-state index in [2.05, 4.69) is 4.90 Å². The second-order valence-corrected chi connectivity index (χ2v) is 5.69. The highest BCUT2D eigenvalue weighted by molar-refractivity contribution is 5.81. The van der Waals surface area contributed by atoms with Crippen LogP contribution in [0.3, 0.4) is 0 Å². The summed E-state index contributed by atoms with van der Waals surface area (Å²) in [7, 11) is 0. The van der Waals surface area contributed by atoms with E-state index in [0.29, 0.717) is 13.1 Å². The van der Waals surface area contributed by atoms with E-state index in [-0.39, 0.29) is 24.3 Å². The zero-order valence-electron chi connectivity index (χ0n) is 12.3. The molecular weight excluding hydrogens is 258 g/mol. The number of carbonyl (C=O) groups is 2. The van der Waals surface area contributed by atoms with Crippen LogP contribution in [0.1, 0.15) is 19.8 Å². The van der Waals surface area contributed by atoms with Gasteiger partial charge in [-0.15, -0.1) is 0 Å². The minimum atomic E-state index is -0.0305. The largest absolute Gasteiger partial charge is 0.395 e. The van der Waals surface area contributed by atoms with Gasteiger partial charge in [-0.25, -0.2) is 0 Å². The van der Waals surface area contributed by atoms with Crippen LogP contribution in [0.4, 0.5) is 0 Å². The summed E-state index contributed by atoms with van der Waals surface area (Å²) in [6.45, 7) is 6.90. The Hall–Kier alpha value is -1.14. The number of rotatable bonds is 3. The number of amides is 2. The summed E-state index contributed by atoms with van der Waals surface area (Å²) in [5.74, 6) is 0.229. The van der Waals surface area contributed by atoms with Crippen molar-refractivity contribution in [1.82, 2.24) is 14.7 Å². The number of carbonyl (C=O) groups excluding carboxylic acids is 2. The maximum atomic E-state index is 12.5. The van der Waals surface area contributed by atoms with Gasteiger partial charge in [-0.3, -0.25) is 14.5 Å². The quantitative estimate of drug-likeness (QED) is 0.750. The van der Waals surface area contributed by atoms with E-state index in [9.17, 15) is 9.59 Å². The zero-order chi connectivity index (χ0) is 14.5. The second-order valence-electron chi connectivity index (χ2n) is 5.69. The Bertz CT molecular complexity index is 354. The van der Waals surface area contributed by atoms with Gasteiger partial charge in [0.25, 0.3) is 0 Å². The summed E-state index contributed by atoms with van der Waals surface area (Å²) in [5, 5.41) is 8.92. The number of aliphatic hydroxyl groups is 1. The van der Waals surface area contributed by atoms with Crippen molar-refractivity contribution in [3.63, 3.8) is 0 Å². The maximum Gasteiger partial charge on any atom is 0.227 e. The van der Waals surface area contributed by atoms with Gasteiger partial charge in [-0.05, 0) is 12.8 Å². The van der Waals surface area contributed by atoms with Crippen molar-refractivity contribution < 1.29 is 14.7 Å². The average molecular weight is 283 g/mol. The second kappa shape index (κ2) is 7.04. The molecule has 2 heterocycles. The molecule has 0 aliphatic carbocycles. The summed E-state index contributed by atoms with van der Waals surface area (Å²) >= 11 is 0. The van der Waals surface area contributed by atoms with Gasteiger partial charge in [-0.2, -0.15) is 0 Å². The molecule has 0 aromatic rings. The van der Waals surface area contributed by atoms with Gasteiger partial charge in [0.05, 0.1) is 12.5 Å². The number of hydrogen-bond donors (Lipinski definition) is 1. The maximum absolute atomic E-state index is 12.5. The lowest BCUT2D eigenvalue weighted by atomic mass is 9.96. The van der Waals surface area contributed by atoms with Gasteiger partial charge in [0.15, 0.2) is 0 Å². The molecule has 2 saturated heterocycles. The first-order valence-corrected chi connectivity index (χ1v) is 7.49. The van der Waals surface area contributed by atoms with E-state index in [4.69, 9.17) is 5.11 Å². The van der Waals surface area contributed by atoms with Gasteiger partial charge < -0.3 is 14.9 Å². The highest BCUT2D eigenvalue weighted by Gasteiger charge is 2.31. The monoisotopic (exact) mass is 283 g/mol. The molecule has 0 aromatic heterocycles. The third kappa shape index (κ3) is 3.70. The van der Waals surface area contributed by atoms with Gasteiger partial charge >= 0.3 is 0 Å². The molecular formula is C14H25N3O3. The SMILES string of the molecule is CC(=O)N1CCCC(C(=O)N2CCN(CCO)CC2)C1. The van der Waals surface area contributed by atoms with Crippen molar-refractivity contribution in [2.45, 2.75) is 19.8 Å². The Morgan fingerprint density at radius 2 is 1.80 bits per heavy atom. The Morgan fingerprint density at radius 3 is 2.40 bits per heavy atom. The summed E-state index contributed by atoms with van der Waals surface area (Å²) in [4.78, 5) is 29.8. The molecule has 114 valence electrons. The first kappa shape index (κ1) is 15.3. The number of likely N-dealkylation sites (tertiary alicyclic amines) is 1. The van der Waals surface area contributed by atoms with E-state index >= 15 is 0 Å². The molecule has 0 spiro atoms. The normalized spacial score (nSPS) is 24.8. The molecule has 1 N–H and O–H groups in total. The first-order valence-electron chi connectivity index (χ1n) is 7.49. The van der Waals surface area contributed by atoms with Gasteiger partial charge in [-0.1, -0.05) is 0 Å².